The lowest BCUT2D eigenvalue weighted by Gasteiger charge is -2.19. The van der Waals surface area contributed by atoms with Crippen LogP contribution in [-0.4, -0.2) is 58.6 Å². The van der Waals surface area contributed by atoms with Crippen molar-refractivity contribution in [2.75, 3.05) is 29.0 Å². The van der Waals surface area contributed by atoms with Crippen LogP contribution in [0.1, 0.15) is 46.0 Å². The zero-order chi connectivity index (χ0) is 30.4. The molecule has 1 aromatic carbocycles. The molecule has 2 aliphatic rings. The Morgan fingerprint density at radius 1 is 1.12 bits per heavy atom. The van der Waals surface area contributed by atoms with E-state index in [4.69, 9.17) is 10.5 Å². The number of esters is 1. The number of carbonyl (C=O) groups excluding carboxylic acids is 5. The number of nitrogens with zero attached hydrogens (tertiary/aromatic N) is 2. The molecule has 6 N–H and O–H groups in total. The van der Waals surface area contributed by atoms with Gasteiger partial charge in [0, 0.05) is 49.4 Å². The summed E-state index contributed by atoms with van der Waals surface area (Å²) in [5.41, 5.74) is 5.16. The van der Waals surface area contributed by atoms with Crippen LogP contribution in [0, 0.1) is 17.3 Å². The average Bonchev–Trinajstić information content (AvgIpc) is 3.53. The van der Waals surface area contributed by atoms with Crippen molar-refractivity contribution in [3.8, 4) is 0 Å². The van der Waals surface area contributed by atoms with Crippen molar-refractivity contribution >= 4 is 68.5 Å². The second kappa shape index (κ2) is 13.3. The monoisotopic (exact) mass is 643 g/mol. The molecule has 224 valence electrons. The second-order valence-electron chi connectivity index (χ2n) is 10.9. The molecule has 2 heterocycles. The van der Waals surface area contributed by atoms with Crippen LogP contribution in [0.5, 0.6) is 0 Å². The first-order valence-corrected chi connectivity index (χ1v) is 14.5. The minimum atomic E-state index is -1.28. The van der Waals surface area contributed by atoms with Crippen LogP contribution in [0.3, 0.4) is 0 Å². The number of nitrogens with two attached hydrogens (primary N) is 1. The van der Waals surface area contributed by atoms with Crippen molar-refractivity contribution in [1.82, 2.24) is 15.3 Å². The van der Waals surface area contributed by atoms with Crippen LogP contribution in [0.15, 0.2) is 34.9 Å². The van der Waals surface area contributed by atoms with Gasteiger partial charge in [0.05, 0.1) is 10.4 Å². The topological polar surface area (TPSA) is 194 Å². The fourth-order valence-corrected chi connectivity index (χ4v) is 5.12. The first-order chi connectivity index (χ1) is 19.9. The van der Waals surface area contributed by atoms with Gasteiger partial charge in [-0.3, -0.25) is 24.0 Å². The van der Waals surface area contributed by atoms with Crippen molar-refractivity contribution in [2.45, 2.75) is 52.1 Å². The molecule has 42 heavy (non-hydrogen) atoms. The number of amides is 3. The third kappa shape index (κ3) is 7.60. The standard InChI is InChI=1S/C28H34BrN7O6/c1-28(2,25(30)40)26(41)32-10-4-9-31-23-20(29)14-33-27(36-23)35-16-6-3-5-15(11-16)34-22(38)8-7-21(37)18-12-17-13-19(18)24(39)42-17/h3,5-6,11,14,17-19H,4,7-10,12-13H2,1-2H3,(H2,30,40)(H,32,41)(H,34,38)(H2,31,33,35,36)/t17-,18?,19?/m1/s1. The molecule has 3 amide bonds. The molecule has 2 bridgehead atoms. The Morgan fingerprint density at radius 2 is 1.88 bits per heavy atom. The number of ketones is 1. The molecule has 1 aliphatic carbocycles. The minimum absolute atomic E-state index is 0.0247. The number of fused-ring (bicyclic) bond motifs is 2. The number of ether oxygens (including phenoxy) is 1. The Kier molecular flexibility index (Phi) is 9.76. The number of carbonyl (C=O) groups is 5. The Hall–Kier alpha value is -4.07. The van der Waals surface area contributed by atoms with E-state index in [0.29, 0.717) is 60.0 Å². The highest BCUT2D eigenvalue weighted by molar-refractivity contribution is 9.10. The molecule has 1 saturated carbocycles. The van der Waals surface area contributed by atoms with Crippen LogP contribution < -0.4 is 27.0 Å². The number of Topliss-reactive ketones (excluding diaryl/α,β-unsaturated/α-hetero) is 1. The summed E-state index contributed by atoms with van der Waals surface area (Å²) < 4.78 is 5.79. The van der Waals surface area contributed by atoms with Gasteiger partial charge in [0.25, 0.3) is 0 Å². The van der Waals surface area contributed by atoms with Gasteiger partial charge in [-0.05, 0) is 67.2 Å². The van der Waals surface area contributed by atoms with Crippen molar-refractivity contribution < 1.29 is 28.7 Å². The zero-order valence-corrected chi connectivity index (χ0v) is 25.0. The third-order valence-electron chi connectivity index (χ3n) is 7.38. The second-order valence-corrected chi connectivity index (χ2v) is 11.7. The Balaban J connectivity index is 1.23. The summed E-state index contributed by atoms with van der Waals surface area (Å²) in [6.07, 6.45) is 3.25. The molecule has 3 atom stereocenters. The van der Waals surface area contributed by atoms with Crippen LogP contribution in [0.4, 0.5) is 23.1 Å². The molecule has 13 nitrogen and oxygen atoms in total. The summed E-state index contributed by atoms with van der Waals surface area (Å²) in [7, 11) is 0. The quantitative estimate of drug-likeness (QED) is 0.116. The highest BCUT2D eigenvalue weighted by atomic mass is 79.9. The molecule has 0 radical (unpaired) electrons. The van der Waals surface area contributed by atoms with Gasteiger partial charge in [0.1, 0.15) is 23.1 Å². The highest BCUT2D eigenvalue weighted by Gasteiger charge is 2.50. The summed E-state index contributed by atoms with van der Waals surface area (Å²) in [5.74, 6) is -1.65. The van der Waals surface area contributed by atoms with Crippen molar-refractivity contribution in [2.24, 2.45) is 23.0 Å². The zero-order valence-electron chi connectivity index (χ0n) is 23.4. The van der Waals surface area contributed by atoms with Gasteiger partial charge in [0.15, 0.2) is 0 Å². The first kappa shape index (κ1) is 30.9. The molecule has 2 unspecified atom stereocenters. The number of aromatic nitrogens is 2. The molecular formula is C28H34BrN7O6. The SMILES string of the molecule is CC(C)(C(N)=O)C(=O)NCCCNc1nc(Nc2cccc(NC(=O)CCC(=O)C3C[C@@H]4CC3C(=O)O4)c2)ncc1Br. The van der Waals surface area contributed by atoms with Gasteiger partial charge in [-0.15, -0.1) is 0 Å². The maximum absolute atomic E-state index is 12.6. The van der Waals surface area contributed by atoms with E-state index in [9.17, 15) is 24.0 Å². The molecule has 4 rings (SSSR count). The van der Waals surface area contributed by atoms with Crippen LogP contribution in [-0.2, 0) is 28.7 Å². The summed E-state index contributed by atoms with van der Waals surface area (Å²) in [6, 6.07) is 7.01. The predicted molar refractivity (Wildman–Crippen MR) is 158 cm³/mol. The smallest absolute Gasteiger partial charge is 0.310 e. The van der Waals surface area contributed by atoms with Crippen LogP contribution in [0.2, 0.25) is 0 Å². The largest absolute Gasteiger partial charge is 0.462 e. The van der Waals surface area contributed by atoms with Gasteiger partial charge in [-0.25, -0.2) is 4.98 Å². The van der Waals surface area contributed by atoms with E-state index in [2.05, 4.69) is 47.2 Å². The van der Waals surface area contributed by atoms with E-state index < -0.39 is 17.2 Å². The van der Waals surface area contributed by atoms with E-state index >= 15 is 0 Å². The van der Waals surface area contributed by atoms with E-state index in [-0.39, 0.29) is 48.4 Å². The van der Waals surface area contributed by atoms with E-state index in [0.717, 1.165) is 0 Å². The van der Waals surface area contributed by atoms with Crippen molar-refractivity contribution in [1.29, 1.82) is 0 Å². The van der Waals surface area contributed by atoms with Crippen LogP contribution in [0.25, 0.3) is 0 Å². The predicted octanol–water partition coefficient (Wildman–Crippen LogP) is 2.65. The van der Waals surface area contributed by atoms with Gasteiger partial charge >= 0.3 is 5.97 Å². The Labute approximate surface area is 251 Å². The maximum Gasteiger partial charge on any atom is 0.310 e. The lowest BCUT2D eigenvalue weighted by atomic mass is 9.89. The summed E-state index contributed by atoms with van der Waals surface area (Å²) in [5, 5.41) is 11.8. The lowest BCUT2D eigenvalue weighted by Crippen LogP contribution is -2.46. The molecule has 0 spiro atoms. The first-order valence-electron chi connectivity index (χ1n) is 13.7. The van der Waals surface area contributed by atoms with Gasteiger partial charge in [-0.1, -0.05) is 6.07 Å². The number of hydrogen-bond acceptors (Lipinski definition) is 10. The number of benzene rings is 1. The number of anilines is 4. The van der Waals surface area contributed by atoms with E-state index in [1.807, 2.05) is 0 Å². The van der Waals surface area contributed by atoms with Gasteiger partial charge in [-0.2, -0.15) is 4.98 Å². The molecule has 2 fully saturated rings. The number of primary amides is 1. The molecule has 2 aromatic rings. The lowest BCUT2D eigenvalue weighted by molar-refractivity contribution is -0.153. The Morgan fingerprint density at radius 3 is 2.60 bits per heavy atom. The van der Waals surface area contributed by atoms with Gasteiger partial charge in [0.2, 0.25) is 23.7 Å². The number of halogens is 1. The van der Waals surface area contributed by atoms with Crippen molar-refractivity contribution in [3.05, 3.63) is 34.9 Å². The summed E-state index contributed by atoms with van der Waals surface area (Å²) in [6.45, 7) is 3.79. The number of nitrogens with one attached hydrogen (secondary N) is 4. The molecular weight excluding hydrogens is 610 g/mol. The van der Waals surface area contributed by atoms with Gasteiger partial charge < -0.3 is 31.7 Å². The van der Waals surface area contributed by atoms with E-state index in [1.54, 1.807) is 30.5 Å². The highest BCUT2D eigenvalue weighted by Crippen LogP contribution is 2.42. The van der Waals surface area contributed by atoms with Crippen molar-refractivity contribution in [3.63, 3.8) is 0 Å². The number of rotatable bonds is 14. The molecule has 1 saturated heterocycles. The normalized spacial score (nSPS) is 19.1. The third-order valence-corrected chi connectivity index (χ3v) is 7.96. The fraction of sp³-hybridized carbons (Fsp3) is 0.464. The average molecular weight is 645 g/mol. The van der Waals surface area contributed by atoms with Crippen LogP contribution >= 0.6 is 15.9 Å². The minimum Gasteiger partial charge on any atom is -0.462 e. The van der Waals surface area contributed by atoms with E-state index in [1.165, 1.54) is 13.8 Å². The maximum atomic E-state index is 12.6. The summed E-state index contributed by atoms with van der Waals surface area (Å²) >= 11 is 3.42. The Bertz CT molecular complexity index is 1380. The number of hydrogen-bond donors (Lipinski definition) is 5. The fourth-order valence-electron chi connectivity index (χ4n) is 4.79. The molecule has 1 aromatic heterocycles. The molecule has 14 heteroatoms. The molecule has 1 aliphatic heterocycles. The summed E-state index contributed by atoms with van der Waals surface area (Å²) in [4.78, 5) is 69.1.